The van der Waals surface area contributed by atoms with Crippen LogP contribution in [0.1, 0.15) is 23.7 Å². The highest BCUT2D eigenvalue weighted by Gasteiger charge is 2.28. The van der Waals surface area contributed by atoms with Crippen LogP contribution in [0.4, 0.5) is 0 Å². The van der Waals surface area contributed by atoms with Crippen molar-refractivity contribution < 1.29 is 4.74 Å². The van der Waals surface area contributed by atoms with E-state index in [2.05, 4.69) is 91.0 Å². The molecule has 1 saturated heterocycles. The maximum Gasteiger partial charge on any atom is 0.118 e. The van der Waals surface area contributed by atoms with Crippen molar-refractivity contribution in [1.29, 1.82) is 0 Å². The van der Waals surface area contributed by atoms with Gasteiger partial charge in [0.1, 0.15) is 5.75 Å². The molecule has 2 aromatic carbocycles. The Morgan fingerprint density at radius 1 is 0.935 bits per heavy atom. The zero-order valence-electron chi connectivity index (χ0n) is 19.7. The van der Waals surface area contributed by atoms with Crippen LogP contribution in [-0.4, -0.2) is 37.7 Å². The Kier molecular flexibility index (Phi) is 6.40. The molecule has 1 fully saturated rings. The highest BCUT2D eigenvalue weighted by Crippen LogP contribution is 2.34. The van der Waals surface area contributed by atoms with Crippen LogP contribution in [0, 0.1) is 6.92 Å². The van der Waals surface area contributed by atoms with Crippen molar-refractivity contribution >= 4 is 8.07 Å². The van der Waals surface area contributed by atoms with Gasteiger partial charge in [-0.1, -0.05) is 32.2 Å². The Balaban J connectivity index is 1.75. The van der Waals surface area contributed by atoms with E-state index >= 15 is 0 Å². The molecule has 3 aromatic rings. The summed E-state index contributed by atoms with van der Waals surface area (Å²) in [5, 5.41) is 0. The van der Waals surface area contributed by atoms with Gasteiger partial charge in [0.25, 0.3) is 0 Å². The minimum absolute atomic E-state index is 0.899. The summed E-state index contributed by atoms with van der Waals surface area (Å²) in [5.41, 5.74) is 7.88. The third-order valence-corrected chi connectivity index (χ3v) is 9.99. The summed E-state index contributed by atoms with van der Waals surface area (Å²) in [7, 11) is 0.760. The van der Waals surface area contributed by atoms with E-state index in [9.17, 15) is 0 Å². The van der Waals surface area contributed by atoms with E-state index in [1.165, 1.54) is 58.9 Å². The normalized spacial score (nSPS) is 16.4. The first-order chi connectivity index (χ1) is 14.9. The van der Waals surface area contributed by atoms with Gasteiger partial charge in [-0.25, -0.2) is 0 Å². The Morgan fingerprint density at radius 2 is 1.58 bits per heavy atom. The second kappa shape index (κ2) is 9.05. The van der Waals surface area contributed by atoms with Crippen molar-refractivity contribution in [2.24, 2.45) is 0 Å². The molecule has 0 unspecified atom stereocenters. The van der Waals surface area contributed by atoms with Crippen molar-refractivity contribution in [3.05, 3.63) is 71.4 Å². The summed E-state index contributed by atoms with van der Waals surface area (Å²) < 4.78 is 7.84. The molecular formula is C27H36N2OSi. The van der Waals surface area contributed by atoms with Gasteiger partial charge >= 0.3 is 0 Å². The first-order valence-electron chi connectivity index (χ1n) is 11.6. The van der Waals surface area contributed by atoms with E-state index < -0.39 is 8.07 Å². The summed E-state index contributed by atoms with van der Waals surface area (Å²) in [4.78, 5) is 2.66. The summed E-state index contributed by atoms with van der Waals surface area (Å²) in [6, 6.07) is 22.8. The molecular weight excluding hydrogens is 396 g/mol. The first kappa shape index (κ1) is 21.9. The number of benzene rings is 2. The van der Waals surface area contributed by atoms with Crippen molar-refractivity contribution in [2.75, 3.05) is 20.2 Å². The molecule has 0 aliphatic carbocycles. The molecule has 4 heteroatoms. The Morgan fingerprint density at radius 3 is 2.16 bits per heavy atom. The van der Waals surface area contributed by atoms with Crippen LogP contribution in [0.5, 0.6) is 5.75 Å². The fourth-order valence-electron chi connectivity index (χ4n) is 4.66. The molecule has 1 aliphatic rings. The SMILES string of the molecule is CCc1ccc(-n2c(C)cc(CN3CC[Si](C)(C)CC3)c2-c2ccc(OC)cc2)cc1. The predicted molar refractivity (Wildman–Crippen MR) is 134 cm³/mol. The lowest BCUT2D eigenvalue weighted by Crippen LogP contribution is -2.42. The quantitative estimate of drug-likeness (QED) is 0.411. The summed E-state index contributed by atoms with van der Waals surface area (Å²) in [6.45, 7) is 13.0. The molecule has 0 spiro atoms. The highest BCUT2D eigenvalue weighted by molar-refractivity contribution is 6.77. The zero-order chi connectivity index (χ0) is 22.0. The van der Waals surface area contributed by atoms with Gasteiger partial charge in [0.15, 0.2) is 0 Å². The largest absolute Gasteiger partial charge is 0.497 e. The van der Waals surface area contributed by atoms with E-state index in [1.54, 1.807) is 7.11 Å². The lowest BCUT2D eigenvalue weighted by Gasteiger charge is -2.35. The van der Waals surface area contributed by atoms with Crippen molar-refractivity contribution in [2.45, 2.75) is 52.0 Å². The summed E-state index contributed by atoms with van der Waals surface area (Å²) in [5.74, 6) is 0.899. The molecule has 0 bridgehead atoms. The molecule has 3 nitrogen and oxygen atoms in total. The third-order valence-electron chi connectivity index (χ3n) is 6.83. The zero-order valence-corrected chi connectivity index (χ0v) is 20.7. The summed E-state index contributed by atoms with van der Waals surface area (Å²) in [6.07, 6.45) is 1.07. The molecule has 0 saturated carbocycles. The predicted octanol–water partition coefficient (Wildman–Crippen LogP) is 6.55. The standard InChI is InChI=1S/C27H36N2OSi/c1-6-22-7-11-25(12-8-22)29-21(2)19-24(20-28-15-17-31(4,5)18-16-28)27(29)23-9-13-26(30-3)14-10-23/h7-14,19H,6,15-18,20H2,1-5H3. The topological polar surface area (TPSA) is 17.4 Å². The highest BCUT2D eigenvalue weighted by atomic mass is 28.3. The number of rotatable bonds is 6. The van der Waals surface area contributed by atoms with Crippen LogP contribution < -0.4 is 4.74 Å². The fraction of sp³-hybridized carbons (Fsp3) is 0.407. The lowest BCUT2D eigenvalue weighted by atomic mass is 10.1. The van der Waals surface area contributed by atoms with Gasteiger partial charge in [0.05, 0.1) is 12.8 Å². The van der Waals surface area contributed by atoms with Gasteiger partial charge < -0.3 is 9.30 Å². The molecule has 0 radical (unpaired) electrons. The molecule has 1 aromatic heterocycles. The number of aromatic nitrogens is 1. The Hall–Kier alpha value is -2.30. The van der Waals surface area contributed by atoms with Crippen LogP contribution in [0.3, 0.4) is 0 Å². The minimum atomic E-state index is -0.966. The smallest absolute Gasteiger partial charge is 0.118 e. The molecule has 2 heterocycles. The molecule has 0 atom stereocenters. The van der Waals surface area contributed by atoms with E-state index in [0.29, 0.717) is 0 Å². The molecule has 164 valence electrons. The van der Waals surface area contributed by atoms with Crippen LogP contribution in [0.15, 0.2) is 54.6 Å². The van der Waals surface area contributed by atoms with Gasteiger partial charge in [-0.05, 0) is 97.7 Å². The molecule has 1 aliphatic heterocycles. The van der Waals surface area contributed by atoms with Gasteiger partial charge in [-0.3, -0.25) is 4.90 Å². The van der Waals surface area contributed by atoms with Crippen molar-refractivity contribution in [3.63, 3.8) is 0 Å². The number of hydrogen-bond acceptors (Lipinski definition) is 2. The van der Waals surface area contributed by atoms with Crippen molar-refractivity contribution in [3.8, 4) is 22.7 Å². The van der Waals surface area contributed by atoms with Crippen LogP contribution in [-0.2, 0) is 13.0 Å². The molecule has 4 rings (SSSR count). The number of nitrogens with zero attached hydrogens (tertiary/aromatic N) is 2. The van der Waals surface area contributed by atoms with Crippen molar-refractivity contribution in [1.82, 2.24) is 9.47 Å². The van der Waals surface area contributed by atoms with E-state index in [0.717, 1.165) is 18.7 Å². The van der Waals surface area contributed by atoms with Gasteiger partial charge in [0, 0.05) is 26.0 Å². The van der Waals surface area contributed by atoms with E-state index in [-0.39, 0.29) is 0 Å². The average Bonchev–Trinajstić information content (AvgIpc) is 3.10. The average molecular weight is 433 g/mol. The molecule has 0 amide bonds. The van der Waals surface area contributed by atoms with E-state index in [1.807, 2.05) is 0 Å². The number of ether oxygens (including phenoxy) is 1. The fourth-order valence-corrected chi connectivity index (χ4v) is 6.75. The summed E-state index contributed by atoms with van der Waals surface area (Å²) >= 11 is 0. The van der Waals surface area contributed by atoms with E-state index in [4.69, 9.17) is 4.74 Å². The lowest BCUT2D eigenvalue weighted by molar-refractivity contribution is 0.282. The molecule has 31 heavy (non-hydrogen) atoms. The first-order valence-corrected chi connectivity index (χ1v) is 15.0. The maximum absolute atomic E-state index is 5.41. The van der Waals surface area contributed by atoms with Gasteiger partial charge in [0.2, 0.25) is 0 Å². The van der Waals surface area contributed by atoms with Crippen LogP contribution >= 0.6 is 0 Å². The van der Waals surface area contributed by atoms with Gasteiger partial charge in [-0.2, -0.15) is 0 Å². The monoisotopic (exact) mass is 432 g/mol. The third kappa shape index (κ3) is 4.80. The maximum atomic E-state index is 5.41. The number of aryl methyl sites for hydroxylation is 2. The Labute approximate surface area is 188 Å². The number of methoxy groups -OCH3 is 1. The van der Waals surface area contributed by atoms with Crippen LogP contribution in [0.2, 0.25) is 25.2 Å². The van der Waals surface area contributed by atoms with Crippen LogP contribution in [0.25, 0.3) is 16.9 Å². The molecule has 0 N–H and O–H groups in total. The van der Waals surface area contributed by atoms with Gasteiger partial charge in [-0.15, -0.1) is 0 Å². The minimum Gasteiger partial charge on any atom is -0.497 e. The second-order valence-electron chi connectivity index (χ2n) is 9.68. The number of hydrogen-bond donors (Lipinski definition) is 0. The second-order valence-corrected chi connectivity index (χ2v) is 15.0. The Bertz CT molecular complexity index is 1010.